The molecule has 5 nitrogen and oxygen atoms in total. The van der Waals surface area contributed by atoms with Gasteiger partial charge < -0.3 is 5.32 Å². The van der Waals surface area contributed by atoms with Crippen LogP contribution >= 0.6 is 23.6 Å². The maximum atomic E-state index is 11.8. The molecule has 0 saturated heterocycles. The van der Waals surface area contributed by atoms with Crippen LogP contribution in [0.1, 0.15) is 0 Å². The molecule has 0 aliphatic rings. The average molecular weight is 302 g/mol. The van der Waals surface area contributed by atoms with Crippen LogP contribution in [0.2, 0.25) is 0 Å². The van der Waals surface area contributed by atoms with Crippen molar-refractivity contribution in [2.45, 2.75) is 0 Å². The van der Waals surface area contributed by atoms with Crippen molar-refractivity contribution in [3.8, 4) is 0 Å². The van der Waals surface area contributed by atoms with Crippen LogP contribution in [-0.2, 0) is 0 Å². The molecule has 3 aromatic rings. The highest BCUT2D eigenvalue weighted by atomic mass is 32.1. The zero-order chi connectivity index (χ0) is 13.9. The molecule has 0 unspecified atom stereocenters. The molecule has 3 N–H and O–H groups in total. The highest BCUT2D eigenvalue weighted by Gasteiger charge is 2.05. The highest BCUT2D eigenvalue weighted by molar-refractivity contribution is 7.73. The molecule has 0 spiro atoms. The molecule has 0 aliphatic carbocycles. The molecule has 0 saturated carbocycles. The number of hydrogen-bond acceptors (Lipinski definition) is 4. The number of H-pyrrole nitrogens is 1. The standard InChI is InChI=1S/C13H10N4OS2/c18-11(15-12-16-17-13(19)20-12)14-10-6-5-8-3-1-2-4-9(8)7-10/h1-7H,(H,17,19)(H2,14,15,16,18). The summed E-state index contributed by atoms with van der Waals surface area (Å²) < 4.78 is 0.519. The molecule has 1 aromatic heterocycles. The number of urea groups is 1. The van der Waals surface area contributed by atoms with E-state index in [-0.39, 0.29) is 6.03 Å². The van der Waals surface area contributed by atoms with Gasteiger partial charge in [-0.15, -0.1) is 5.10 Å². The molecule has 3 rings (SSSR count). The number of amides is 2. The normalized spacial score (nSPS) is 10.4. The van der Waals surface area contributed by atoms with Gasteiger partial charge in [0.25, 0.3) is 0 Å². The molecule has 100 valence electrons. The minimum absolute atomic E-state index is 0.349. The number of rotatable bonds is 2. The minimum Gasteiger partial charge on any atom is -0.308 e. The lowest BCUT2D eigenvalue weighted by molar-refractivity contribution is 0.262. The van der Waals surface area contributed by atoms with Crippen molar-refractivity contribution in [3.05, 3.63) is 46.4 Å². The third kappa shape index (κ3) is 2.84. The summed E-state index contributed by atoms with van der Waals surface area (Å²) >= 11 is 6.10. The van der Waals surface area contributed by atoms with Gasteiger partial charge in [-0.1, -0.05) is 41.7 Å². The topological polar surface area (TPSA) is 69.8 Å². The summed E-state index contributed by atoms with van der Waals surface area (Å²) in [6.45, 7) is 0. The van der Waals surface area contributed by atoms with Gasteiger partial charge in [-0.2, -0.15) is 0 Å². The molecular formula is C13H10N4OS2. The third-order valence-corrected chi connectivity index (χ3v) is 3.67. The van der Waals surface area contributed by atoms with Crippen molar-refractivity contribution in [1.82, 2.24) is 10.2 Å². The molecular weight excluding hydrogens is 292 g/mol. The number of nitrogens with one attached hydrogen (secondary N) is 3. The predicted molar refractivity (Wildman–Crippen MR) is 83.9 cm³/mol. The van der Waals surface area contributed by atoms with Crippen LogP contribution in [0.4, 0.5) is 15.6 Å². The summed E-state index contributed by atoms with van der Waals surface area (Å²) in [7, 11) is 0. The maximum Gasteiger partial charge on any atom is 0.325 e. The second-order valence-corrected chi connectivity index (χ2v) is 5.73. The van der Waals surface area contributed by atoms with Gasteiger partial charge in [0.2, 0.25) is 5.13 Å². The lowest BCUT2D eigenvalue weighted by Gasteiger charge is -2.06. The van der Waals surface area contributed by atoms with Crippen LogP contribution in [0.15, 0.2) is 42.5 Å². The molecule has 2 amide bonds. The fourth-order valence-electron chi connectivity index (χ4n) is 1.81. The Morgan fingerprint density at radius 3 is 2.70 bits per heavy atom. The van der Waals surface area contributed by atoms with Gasteiger partial charge in [-0.25, -0.2) is 4.79 Å². The maximum absolute atomic E-state index is 11.8. The van der Waals surface area contributed by atoms with Crippen molar-refractivity contribution >= 4 is 51.2 Å². The highest BCUT2D eigenvalue weighted by Crippen LogP contribution is 2.19. The van der Waals surface area contributed by atoms with Gasteiger partial charge in [0, 0.05) is 5.69 Å². The van der Waals surface area contributed by atoms with Crippen LogP contribution in [0.5, 0.6) is 0 Å². The molecule has 0 atom stereocenters. The van der Waals surface area contributed by atoms with E-state index in [9.17, 15) is 4.79 Å². The molecule has 1 heterocycles. The van der Waals surface area contributed by atoms with E-state index in [2.05, 4.69) is 20.8 Å². The molecule has 0 fully saturated rings. The first-order chi connectivity index (χ1) is 9.70. The number of benzene rings is 2. The Bertz CT molecular complexity index is 824. The SMILES string of the molecule is O=C(Nc1ccc2ccccc2c1)Nc1n[nH]c(=S)s1. The molecule has 0 radical (unpaired) electrons. The summed E-state index contributed by atoms with van der Waals surface area (Å²) in [5, 5.41) is 14.5. The predicted octanol–water partition coefficient (Wildman–Crippen LogP) is 4.00. The van der Waals surface area contributed by atoms with Crippen LogP contribution in [0, 0.1) is 3.95 Å². The molecule has 20 heavy (non-hydrogen) atoms. The number of anilines is 2. The second kappa shape index (κ2) is 5.40. The number of aromatic nitrogens is 2. The quantitative estimate of drug-likeness (QED) is 0.627. The Hall–Kier alpha value is -2.25. The lowest BCUT2D eigenvalue weighted by Crippen LogP contribution is -2.19. The van der Waals surface area contributed by atoms with Gasteiger partial charge in [0.05, 0.1) is 0 Å². The first-order valence-electron chi connectivity index (χ1n) is 5.83. The van der Waals surface area contributed by atoms with Crippen molar-refractivity contribution in [2.24, 2.45) is 0 Å². The van der Waals surface area contributed by atoms with Crippen LogP contribution < -0.4 is 10.6 Å². The van der Waals surface area contributed by atoms with E-state index in [1.54, 1.807) is 0 Å². The van der Waals surface area contributed by atoms with Crippen molar-refractivity contribution < 1.29 is 4.79 Å². The average Bonchev–Trinajstić information content (AvgIpc) is 2.83. The molecule has 0 aliphatic heterocycles. The van der Waals surface area contributed by atoms with Gasteiger partial charge in [-0.3, -0.25) is 10.4 Å². The van der Waals surface area contributed by atoms with Crippen LogP contribution in [0.25, 0.3) is 10.8 Å². The van der Waals surface area contributed by atoms with Gasteiger partial charge in [0.1, 0.15) is 0 Å². The first-order valence-corrected chi connectivity index (χ1v) is 7.05. The smallest absolute Gasteiger partial charge is 0.308 e. The van der Waals surface area contributed by atoms with E-state index in [4.69, 9.17) is 12.2 Å². The van der Waals surface area contributed by atoms with E-state index in [0.717, 1.165) is 16.5 Å². The first kappa shape index (κ1) is 12.8. The Morgan fingerprint density at radius 1 is 1.15 bits per heavy atom. The number of carbonyl (C=O) groups is 1. The summed E-state index contributed by atoms with van der Waals surface area (Å²) in [5.74, 6) is 0. The van der Waals surface area contributed by atoms with E-state index in [1.807, 2.05) is 42.5 Å². The minimum atomic E-state index is -0.349. The second-order valence-electron chi connectivity index (χ2n) is 4.06. The van der Waals surface area contributed by atoms with Crippen molar-refractivity contribution in [2.75, 3.05) is 10.6 Å². The number of nitrogens with zero attached hydrogens (tertiary/aromatic N) is 1. The van der Waals surface area contributed by atoms with E-state index in [1.165, 1.54) is 11.3 Å². The monoisotopic (exact) mass is 302 g/mol. The number of carbonyl (C=O) groups excluding carboxylic acids is 1. The van der Waals surface area contributed by atoms with Crippen molar-refractivity contribution in [1.29, 1.82) is 0 Å². The third-order valence-electron chi connectivity index (χ3n) is 2.67. The Morgan fingerprint density at radius 2 is 1.95 bits per heavy atom. The largest absolute Gasteiger partial charge is 0.325 e. The Balaban J connectivity index is 1.75. The summed E-state index contributed by atoms with van der Waals surface area (Å²) in [6, 6.07) is 13.3. The Labute approximate surface area is 123 Å². The zero-order valence-corrected chi connectivity index (χ0v) is 11.8. The van der Waals surface area contributed by atoms with Gasteiger partial charge >= 0.3 is 6.03 Å². The van der Waals surface area contributed by atoms with Gasteiger partial charge in [-0.05, 0) is 35.1 Å². The van der Waals surface area contributed by atoms with Crippen LogP contribution in [0.3, 0.4) is 0 Å². The lowest BCUT2D eigenvalue weighted by atomic mass is 10.1. The van der Waals surface area contributed by atoms with E-state index >= 15 is 0 Å². The number of aromatic amines is 1. The number of fused-ring (bicyclic) bond motifs is 1. The summed E-state index contributed by atoms with van der Waals surface area (Å²) in [5.41, 5.74) is 0.723. The van der Waals surface area contributed by atoms with Crippen molar-refractivity contribution in [3.63, 3.8) is 0 Å². The van der Waals surface area contributed by atoms with Crippen LogP contribution in [-0.4, -0.2) is 16.2 Å². The molecule has 0 bridgehead atoms. The summed E-state index contributed by atoms with van der Waals surface area (Å²) in [6.07, 6.45) is 0. The number of hydrogen-bond donors (Lipinski definition) is 3. The van der Waals surface area contributed by atoms with E-state index in [0.29, 0.717) is 9.09 Å². The molecule has 7 heteroatoms. The van der Waals surface area contributed by atoms with E-state index < -0.39 is 0 Å². The van der Waals surface area contributed by atoms with Gasteiger partial charge in [0.15, 0.2) is 3.95 Å². The fourth-order valence-corrected chi connectivity index (χ4v) is 2.59. The summed E-state index contributed by atoms with van der Waals surface area (Å²) in [4.78, 5) is 11.8. The fraction of sp³-hybridized carbons (Fsp3) is 0. The molecule has 2 aromatic carbocycles. The zero-order valence-electron chi connectivity index (χ0n) is 10.2. The Kier molecular flexibility index (Phi) is 3.44.